The highest BCUT2D eigenvalue weighted by atomic mass is 16.2. The van der Waals surface area contributed by atoms with Gasteiger partial charge in [0.2, 0.25) is 11.8 Å². The zero-order valence-corrected chi connectivity index (χ0v) is 17.9. The van der Waals surface area contributed by atoms with Crippen molar-refractivity contribution in [1.29, 1.82) is 0 Å². The van der Waals surface area contributed by atoms with E-state index in [1.165, 1.54) is 6.92 Å². The third-order valence-electron chi connectivity index (χ3n) is 4.75. The summed E-state index contributed by atoms with van der Waals surface area (Å²) in [4.78, 5) is 53.1. The van der Waals surface area contributed by atoms with E-state index in [1.807, 2.05) is 13.8 Å². The van der Waals surface area contributed by atoms with Crippen molar-refractivity contribution in [3.63, 3.8) is 0 Å². The number of nitrogens with one attached hydrogen (secondary N) is 3. The van der Waals surface area contributed by atoms with E-state index in [9.17, 15) is 19.2 Å². The Morgan fingerprint density at radius 1 is 0.935 bits per heavy atom. The molecule has 1 aromatic heterocycles. The minimum atomic E-state index is -0.917. The van der Waals surface area contributed by atoms with Crippen molar-refractivity contribution < 1.29 is 19.2 Å². The maximum absolute atomic E-state index is 12.9. The average molecular weight is 425 g/mol. The third kappa shape index (κ3) is 7.33. The van der Waals surface area contributed by atoms with Gasteiger partial charge in [-0.2, -0.15) is 0 Å². The third-order valence-corrected chi connectivity index (χ3v) is 4.75. The zero-order valence-electron chi connectivity index (χ0n) is 17.9. The van der Waals surface area contributed by atoms with Gasteiger partial charge in [0.25, 0.3) is 5.91 Å². The molecule has 3 unspecified atom stereocenters. The molecule has 1 aromatic carbocycles. The fraction of sp³-hybridized carbons (Fsp3) is 0.348. The summed E-state index contributed by atoms with van der Waals surface area (Å²) in [6.07, 6.45) is 4.10. The molecule has 8 nitrogen and oxygen atoms in total. The Kier molecular flexibility index (Phi) is 8.87. The molecule has 0 fully saturated rings. The Balaban J connectivity index is 2.10. The van der Waals surface area contributed by atoms with Gasteiger partial charge in [-0.15, -0.1) is 0 Å². The van der Waals surface area contributed by atoms with Gasteiger partial charge in [0.15, 0.2) is 0 Å². The van der Waals surface area contributed by atoms with Gasteiger partial charge in [-0.05, 0) is 36.6 Å². The molecule has 31 heavy (non-hydrogen) atoms. The lowest BCUT2D eigenvalue weighted by atomic mass is 10.0. The summed E-state index contributed by atoms with van der Waals surface area (Å²) in [6.45, 7) is 5.15. The summed E-state index contributed by atoms with van der Waals surface area (Å²) in [6, 6.07) is 9.65. The Morgan fingerprint density at radius 2 is 1.65 bits per heavy atom. The number of hydrogen-bond donors (Lipinski definition) is 3. The molecule has 8 heteroatoms. The molecule has 0 saturated heterocycles. The van der Waals surface area contributed by atoms with Gasteiger partial charge in [0.05, 0.1) is 6.04 Å². The first-order valence-electron chi connectivity index (χ1n) is 10.1. The Labute approximate surface area is 181 Å². The number of amides is 3. The lowest BCUT2D eigenvalue weighted by molar-refractivity contribution is -0.130. The van der Waals surface area contributed by atoms with Crippen molar-refractivity contribution in [3.8, 4) is 0 Å². The van der Waals surface area contributed by atoms with Crippen LogP contribution in [0, 0.1) is 5.92 Å². The molecule has 2 aromatic rings. The van der Waals surface area contributed by atoms with Crippen LogP contribution in [0.4, 0.5) is 0 Å². The SMILES string of the molecule is CC(NC(=O)C(Cc1cccnc1)NC(=O)c1ccccc1)C(=O)NC(C=O)C(C)C. The molecular weight excluding hydrogens is 396 g/mol. The minimum Gasteiger partial charge on any atom is -0.345 e. The van der Waals surface area contributed by atoms with Crippen molar-refractivity contribution in [1.82, 2.24) is 20.9 Å². The van der Waals surface area contributed by atoms with Gasteiger partial charge in [-0.25, -0.2) is 0 Å². The Bertz CT molecular complexity index is 887. The maximum Gasteiger partial charge on any atom is 0.251 e. The summed E-state index contributed by atoms with van der Waals surface area (Å²) >= 11 is 0. The Hall–Kier alpha value is -3.55. The fourth-order valence-electron chi connectivity index (χ4n) is 2.82. The molecule has 2 rings (SSSR count). The molecule has 0 aliphatic rings. The highest BCUT2D eigenvalue weighted by Crippen LogP contribution is 2.06. The van der Waals surface area contributed by atoms with E-state index < -0.39 is 35.8 Å². The van der Waals surface area contributed by atoms with E-state index >= 15 is 0 Å². The lowest BCUT2D eigenvalue weighted by Gasteiger charge is -2.23. The maximum atomic E-state index is 12.9. The number of pyridine rings is 1. The molecule has 0 spiro atoms. The number of aromatic nitrogens is 1. The van der Waals surface area contributed by atoms with E-state index in [-0.39, 0.29) is 12.3 Å². The topological polar surface area (TPSA) is 117 Å². The van der Waals surface area contributed by atoms with E-state index in [0.717, 1.165) is 5.56 Å². The van der Waals surface area contributed by atoms with Crippen LogP contribution in [0.3, 0.4) is 0 Å². The van der Waals surface area contributed by atoms with E-state index in [1.54, 1.807) is 54.9 Å². The van der Waals surface area contributed by atoms with E-state index in [4.69, 9.17) is 0 Å². The standard InChI is InChI=1S/C23H28N4O4/c1-15(2)20(14-28)27-21(29)16(3)25-23(31)19(12-17-8-7-11-24-13-17)26-22(30)18-9-5-4-6-10-18/h4-11,13-16,19-20H,12H2,1-3H3,(H,25,31)(H,26,30)(H,27,29). The summed E-state index contributed by atoms with van der Waals surface area (Å²) in [5, 5.41) is 7.96. The first-order chi connectivity index (χ1) is 14.8. The molecule has 0 aliphatic heterocycles. The Morgan fingerprint density at radius 3 is 2.23 bits per heavy atom. The number of carbonyl (C=O) groups excluding carboxylic acids is 4. The first-order valence-corrected chi connectivity index (χ1v) is 10.1. The fourth-order valence-corrected chi connectivity index (χ4v) is 2.82. The number of hydrogen-bond acceptors (Lipinski definition) is 5. The largest absolute Gasteiger partial charge is 0.345 e. The van der Waals surface area contributed by atoms with Crippen LogP contribution in [0.25, 0.3) is 0 Å². The number of nitrogens with zero attached hydrogens (tertiary/aromatic N) is 1. The molecule has 164 valence electrons. The van der Waals surface area contributed by atoms with Gasteiger partial charge < -0.3 is 20.7 Å². The summed E-state index contributed by atoms with van der Waals surface area (Å²) < 4.78 is 0. The second-order valence-electron chi connectivity index (χ2n) is 7.60. The van der Waals surface area contributed by atoms with Crippen molar-refractivity contribution in [2.24, 2.45) is 5.92 Å². The van der Waals surface area contributed by atoms with Crippen LogP contribution in [-0.2, 0) is 20.8 Å². The summed E-state index contributed by atoms with van der Waals surface area (Å²) in [7, 11) is 0. The van der Waals surface area contributed by atoms with Crippen LogP contribution in [-0.4, -0.2) is 47.1 Å². The van der Waals surface area contributed by atoms with Gasteiger partial charge in [-0.1, -0.05) is 38.1 Å². The van der Waals surface area contributed by atoms with Crippen molar-refractivity contribution in [3.05, 3.63) is 66.0 Å². The molecule has 3 N–H and O–H groups in total. The molecule has 3 amide bonds. The monoisotopic (exact) mass is 424 g/mol. The molecule has 3 atom stereocenters. The van der Waals surface area contributed by atoms with Crippen LogP contribution in [0.15, 0.2) is 54.9 Å². The van der Waals surface area contributed by atoms with Gasteiger partial charge in [0.1, 0.15) is 18.4 Å². The molecule has 0 saturated carbocycles. The molecule has 0 radical (unpaired) electrons. The van der Waals surface area contributed by atoms with Gasteiger partial charge in [-0.3, -0.25) is 19.4 Å². The normalized spacial score (nSPS) is 13.5. The number of rotatable bonds is 10. The minimum absolute atomic E-state index is 0.0761. The van der Waals surface area contributed by atoms with Crippen molar-refractivity contribution in [2.45, 2.75) is 45.3 Å². The second-order valence-corrected chi connectivity index (χ2v) is 7.60. The molecule has 0 bridgehead atoms. The van der Waals surface area contributed by atoms with Crippen LogP contribution in [0.1, 0.15) is 36.7 Å². The molecular formula is C23H28N4O4. The van der Waals surface area contributed by atoms with Crippen molar-refractivity contribution >= 4 is 24.0 Å². The van der Waals surface area contributed by atoms with Gasteiger partial charge in [0, 0.05) is 24.4 Å². The van der Waals surface area contributed by atoms with Crippen molar-refractivity contribution in [2.75, 3.05) is 0 Å². The number of aldehydes is 1. The quantitative estimate of drug-likeness (QED) is 0.497. The lowest BCUT2D eigenvalue weighted by Crippen LogP contribution is -2.55. The molecule has 0 aliphatic carbocycles. The summed E-state index contributed by atoms with van der Waals surface area (Å²) in [5.74, 6) is -1.47. The van der Waals surface area contributed by atoms with Crippen LogP contribution in [0.2, 0.25) is 0 Å². The van der Waals surface area contributed by atoms with Crippen LogP contribution >= 0.6 is 0 Å². The number of benzene rings is 1. The highest BCUT2D eigenvalue weighted by Gasteiger charge is 2.26. The highest BCUT2D eigenvalue weighted by molar-refractivity contribution is 5.98. The van der Waals surface area contributed by atoms with Crippen LogP contribution < -0.4 is 16.0 Å². The first kappa shape index (κ1) is 23.7. The predicted molar refractivity (Wildman–Crippen MR) is 116 cm³/mol. The average Bonchev–Trinajstić information content (AvgIpc) is 2.77. The number of carbonyl (C=O) groups is 4. The van der Waals surface area contributed by atoms with Gasteiger partial charge >= 0.3 is 0 Å². The summed E-state index contributed by atoms with van der Waals surface area (Å²) in [5.41, 5.74) is 1.18. The van der Waals surface area contributed by atoms with Crippen LogP contribution in [0.5, 0.6) is 0 Å². The van der Waals surface area contributed by atoms with E-state index in [2.05, 4.69) is 20.9 Å². The second kappa shape index (κ2) is 11.6. The van der Waals surface area contributed by atoms with E-state index in [0.29, 0.717) is 11.8 Å². The predicted octanol–water partition coefficient (Wildman–Crippen LogP) is 1.27. The zero-order chi connectivity index (χ0) is 22.8. The smallest absolute Gasteiger partial charge is 0.251 e. The molecule has 1 heterocycles.